The monoisotopic (exact) mass is 205 g/mol. The third kappa shape index (κ3) is 2.18. The molecule has 2 rings (SSSR count). The summed E-state index contributed by atoms with van der Waals surface area (Å²) in [4.78, 5) is 13.5. The Morgan fingerprint density at radius 3 is 2.73 bits per heavy atom. The maximum Gasteiger partial charge on any atom is 0.226 e. The first-order valence-electron chi connectivity index (χ1n) is 5.27. The first-order valence-corrected chi connectivity index (χ1v) is 5.27. The van der Waals surface area contributed by atoms with Gasteiger partial charge in [-0.2, -0.15) is 0 Å². The Hall–Kier alpha value is -1.35. The van der Waals surface area contributed by atoms with Gasteiger partial charge in [0.1, 0.15) is 0 Å². The van der Waals surface area contributed by atoms with E-state index in [0.717, 1.165) is 12.1 Å². The van der Waals surface area contributed by atoms with Crippen LogP contribution in [-0.4, -0.2) is 24.2 Å². The summed E-state index contributed by atoms with van der Waals surface area (Å²) in [6.45, 7) is 0.802. The minimum atomic E-state index is 0.158. The van der Waals surface area contributed by atoms with Gasteiger partial charge in [-0.3, -0.25) is 4.79 Å². The molecular formula is C12H15NO2. The number of nitrogens with zero attached hydrogens (tertiary/aromatic N) is 1. The largest absolute Gasteiger partial charge is 0.396 e. The molecule has 15 heavy (non-hydrogen) atoms. The van der Waals surface area contributed by atoms with Crippen molar-refractivity contribution in [1.29, 1.82) is 0 Å². The maximum atomic E-state index is 11.7. The summed E-state index contributed by atoms with van der Waals surface area (Å²) in [5.74, 6) is 0.383. The molecule has 0 spiro atoms. The molecule has 1 heterocycles. The Bertz CT molecular complexity index is 337. The SMILES string of the molecule is O=C1CCC(CO)CN1c1ccccc1. The number of para-hydroxylation sites is 1. The zero-order valence-corrected chi connectivity index (χ0v) is 8.60. The molecule has 0 aromatic heterocycles. The van der Waals surface area contributed by atoms with E-state index in [9.17, 15) is 4.79 Å². The number of anilines is 1. The number of aliphatic hydroxyl groups is 1. The minimum absolute atomic E-state index is 0.158. The molecule has 1 atom stereocenters. The number of hydrogen-bond donors (Lipinski definition) is 1. The fourth-order valence-corrected chi connectivity index (χ4v) is 1.92. The van der Waals surface area contributed by atoms with Crippen LogP contribution in [0.15, 0.2) is 30.3 Å². The molecule has 1 aliphatic rings. The van der Waals surface area contributed by atoms with E-state index in [1.54, 1.807) is 4.90 Å². The van der Waals surface area contributed by atoms with Gasteiger partial charge >= 0.3 is 0 Å². The summed E-state index contributed by atoms with van der Waals surface area (Å²) < 4.78 is 0. The normalized spacial score (nSPS) is 21.8. The molecule has 1 aliphatic heterocycles. The van der Waals surface area contributed by atoms with Gasteiger partial charge in [-0.15, -0.1) is 0 Å². The van der Waals surface area contributed by atoms with E-state index in [-0.39, 0.29) is 18.4 Å². The predicted octanol–water partition coefficient (Wildman–Crippen LogP) is 1.42. The molecule has 1 aromatic carbocycles. The second-order valence-electron chi connectivity index (χ2n) is 3.93. The lowest BCUT2D eigenvalue weighted by Crippen LogP contribution is -2.41. The Labute approximate surface area is 89.3 Å². The van der Waals surface area contributed by atoms with E-state index < -0.39 is 0 Å². The molecule has 1 amide bonds. The van der Waals surface area contributed by atoms with E-state index >= 15 is 0 Å². The van der Waals surface area contributed by atoms with Crippen LogP contribution in [0.5, 0.6) is 0 Å². The smallest absolute Gasteiger partial charge is 0.226 e. The van der Waals surface area contributed by atoms with Crippen molar-refractivity contribution in [2.24, 2.45) is 5.92 Å². The topological polar surface area (TPSA) is 40.5 Å². The van der Waals surface area contributed by atoms with Crippen molar-refractivity contribution in [3.8, 4) is 0 Å². The molecule has 3 nitrogen and oxygen atoms in total. The Kier molecular flexibility index (Phi) is 3.02. The molecule has 80 valence electrons. The summed E-state index contributed by atoms with van der Waals surface area (Å²) in [6, 6.07) is 9.63. The predicted molar refractivity (Wildman–Crippen MR) is 58.6 cm³/mol. The maximum absolute atomic E-state index is 11.7. The number of hydrogen-bond acceptors (Lipinski definition) is 2. The summed E-state index contributed by atoms with van der Waals surface area (Å²) in [5, 5.41) is 9.10. The molecule has 0 aliphatic carbocycles. The van der Waals surface area contributed by atoms with Crippen LogP contribution >= 0.6 is 0 Å². The molecule has 0 radical (unpaired) electrons. The highest BCUT2D eigenvalue weighted by atomic mass is 16.3. The summed E-state index contributed by atoms with van der Waals surface area (Å²) in [7, 11) is 0. The van der Waals surface area contributed by atoms with Gasteiger partial charge in [0.15, 0.2) is 0 Å². The first-order chi connectivity index (χ1) is 7.31. The lowest BCUT2D eigenvalue weighted by molar-refractivity contribution is -0.120. The van der Waals surface area contributed by atoms with Gasteiger partial charge < -0.3 is 10.0 Å². The Morgan fingerprint density at radius 1 is 1.33 bits per heavy atom. The molecule has 1 saturated heterocycles. The molecule has 1 N–H and O–H groups in total. The van der Waals surface area contributed by atoms with Crippen LogP contribution in [0, 0.1) is 5.92 Å². The third-order valence-corrected chi connectivity index (χ3v) is 2.83. The number of benzene rings is 1. The summed E-state index contributed by atoms with van der Waals surface area (Å²) in [5.41, 5.74) is 0.931. The summed E-state index contributed by atoms with van der Waals surface area (Å²) >= 11 is 0. The zero-order chi connectivity index (χ0) is 10.7. The lowest BCUT2D eigenvalue weighted by atomic mass is 9.98. The van der Waals surface area contributed by atoms with Gasteiger partial charge in [0, 0.05) is 31.2 Å². The van der Waals surface area contributed by atoms with Crippen LogP contribution in [0.4, 0.5) is 5.69 Å². The van der Waals surface area contributed by atoms with Gasteiger partial charge in [0.05, 0.1) is 0 Å². The second kappa shape index (κ2) is 4.45. The van der Waals surface area contributed by atoms with Crippen LogP contribution in [0.3, 0.4) is 0 Å². The van der Waals surface area contributed by atoms with Crippen molar-refractivity contribution in [1.82, 2.24) is 0 Å². The highest BCUT2D eigenvalue weighted by Gasteiger charge is 2.25. The van der Waals surface area contributed by atoms with Gasteiger partial charge in [-0.1, -0.05) is 18.2 Å². The highest BCUT2D eigenvalue weighted by Crippen LogP contribution is 2.23. The first kappa shape index (κ1) is 10.2. The van der Waals surface area contributed by atoms with E-state index in [0.29, 0.717) is 13.0 Å². The van der Waals surface area contributed by atoms with Gasteiger partial charge in [0.2, 0.25) is 5.91 Å². The van der Waals surface area contributed by atoms with Crippen molar-refractivity contribution in [3.05, 3.63) is 30.3 Å². The van der Waals surface area contributed by atoms with Crippen molar-refractivity contribution < 1.29 is 9.90 Å². The second-order valence-corrected chi connectivity index (χ2v) is 3.93. The Balaban J connectivity index is 2.16. The average molecular weight is 205 g/mol. The number of carbonyl (C=O) groups is 1. The molecule has 0 bridgehead atoms. The number of piperidine rings is 1. The van der Waals surface area contributed by atoms with Crippen LogP contribution in [0.2, 0.25) is 0 Å². The van der Waals surface area contributed by atoms with Crippen LogP contribution in [0.1, 0.15) is 12.8 Å². The lowest BCUT2D eigenvalue weighted by Gasteiger charge is -2.31. The molecule has 1 aromatic rings. The van der Waals surface area contributed by atoms with E-state index in [1.807, 2.05) is 30.3 Å². The van der Waals surface area contributed by atoms with E-state index in [1.165, 1.54) is 0 Å². The van der Waals surface area contributed by atoms with Crippen LogP contribution < -0.4 is 4.90 Å². The van der Waals surface area contributed by atoms with Crippen molar-refractivity contribution in [2.45, 2.75) is 12.8 Å². The standard InChI is InChI=1S/C12H15NO2/c14-9-10-6-7-12(15)13(8-10)11-4-2-1-3-5-11/h1-5,10,14H,6-9H2. The van der Waals surface area contributed by atoms with Gasteiger partial charge in [-0.05, 0) is 18.6 Å². The third-order valence-electron chi connectivity index (χ3n) is 2.83. The van der Waals surface area contributed by atoms with E-state index in [4.69, 9.17) is 5.11 Å². The van der Waals surface area contributed by atoms with Crippen LogP contribution in [0.25, 0.3) is 0 Å². The van der Waals surface area contributed by atoms with Gasteiger partial charge in [0.25, 0.3) is 0 Å². The highest BCUT2D eigenvalue weighted by molar-refractivity contribution is 5.94. The molecule has 0 saturated carbocycles. The molecule has 3 heteroatoms. The zero-order valence-electron chi connectivity index (χ0n) is 8.60. The average Bonchev–Trinajstić information content (AvgIpc) is 2.31. The minimum Gasteiger partial charge on any atom is -0.396 e. The Morgan fingerprint density at radius 2 is 2.07 bits per heavy atom. The fraction of sp³-hybridized carbons (Fsp3) is 0.417. The van der Waals surface area contributed by atoms with Crippen molar-refractivity contribution in [2.75, 3.05) is 18.1 Å². The number of carbonyl (C=O) groups excluding carboxylic acids is 1. The number of amides is 1. The van der Waals surface area contributed by atoms with Crippen LogP contribution in [-0.2, 0) is 4.79 Å². The van der Waals surface area contributed by atoms with Crippen molar-refractivity contribution >= 4 is 11.6 Å². The fourth-order valence-electron chi connectivity index (χ4n) is 1.92. The molecular weight excluding hydrogens is 190 g/mol. The van der Waals surface area contributed by atoms with Gasteiger partial charge in [-0.25, -0.2) is 0 Å². The molecule has 1 unspecified atom stereocenters. The molecule has 1 fully saturated rings. The number of rotatable bonds is 2. The van der Waals surface area contributed by atoms with Crippen molar-refractivity contribution in [3.63, 3.8) is 0 Å². The quantitative estimate of drug-likeness (QED) is 0.793. The number of aliphatic hydroxyl groups excluding tert-OH is 1. The summed E-state index contributed by atoms with van der Waals surface area (Å²) in [6.07, 6.45) is 1.35. The van der Waals surface area contributed by atoms with E-state index in [2.05, 4.69) is 0 Å².